The van der Waals surface area contributed by atoms with Crippen LogP contribution in [0.5, 0.6) is 11.5 Å². The highest BCUT2D eigenvalue weighted by Crippen LogP contribution is 2.29. The van der Waals surface area contributed by atoms with Crippen LogP contribution in [-0.2, 0) is 6.42 Å². The SMILES string of the molecule is COc1ccc(NC(=O)Nc2nnc(Cc3ccc(C)cc3C)o2)c(OC)c1. The summed E-state index contributed by atoms with van der Waals surface area (Å²) in [6, 6.07) is 10.7. The highest BCUT2D eigenvalue weighted by molar-refractivity contribution is 5.99. The summed E-state index contributed by atoms with van der Waals surface area (Å²) in [4.78, 5) is 12.2. The summed E-state index contributed by atoms with van der Waals surface area (Å²) >= 11 is 0. The lowest BCUT2D eigenvalue weighted by atomic mass is 10.0. The number of amides is 2. The summed E-state index contributed by atoms with van der Waals surface area (Å²) in [6.07, 6.45) is 0.495. The number of anilines is 2. The molecule has 3 rings (SSSR count). The van der Waals surface area contributed by atoms with Gasteiger partial charge in [-0.2, -0.15) is 0 Å². The summed E-state index contributed by atoms with van der Waals surface area (Å²) in [5, 5.41) is 13.1. The van der Waals surface area contributed by atoms with Crippen LogP contribution in [0, 0.1) is 13.8 Å². The summed E-state index contributed by atoms with van der Waals surface area (Å²) in [5.74, 6) is 1.51. The lowest BCUT2D eigenvalue weighted by Gasteiger charge is -2.11. The molecule has 0 saturated carbocycles. The smallest absolute Gasteiger partial charge is 0.327 e. The van der Waals surface area contributed by atoms with Gasteiger partial charge in [0.1, 0.15) is 11.5 Å². The molecule has 8 nitrogen and oxygen atoms in total. The Labute approximate surface area is 162 Å². The number of urea groups is 1. The monoisotopic (exact) mass is 382 g/mol. The van der Waals surface area contributed by atoms with Crippen LogP contribution in [0.4, 0.5) is 16.5 Å². The maximum Gasteiger partial charge on any atom is 0.327 e. The number of carbonyl (C=O) groups is 1. The van der Waals surface area contributed by atoms with E-state index in [2.05, 4.69) is 26.9 Å². The molecule has 8 heteroatoms. The highest BCUT2D eigenvalue weighted by Gasteiger charge is 2.13. The number of benzene rings is 2. The minimum atomic E-state index is -0.523. The molecule has 0 aliphatic heterocycles. The molecule has 2 N–H and O–H groups in total. The quantitative estimate of drug-likeness (QED) is 0.670. The summed E-state index contributed by atoms with van der Waals surface area (Å²) in [6.45, 7) is 4.08. The van der Waals surface area contributed by atoms with Gasteiger partial charge >= 0.3 is 12.0 Å². The Morgan fingerprint density at radius 2 is 1.86 bits per heavy atom. The fourth-order valence-corrected chi connectivity index (χ4v) is 2.74. The molecule has 3 aromatic rings. The van der Waals surface area contributed by atoms with Crippen molar-refractivity contribution in [1.29, 1.82) is 0 Å². The Bertz CT molecular complexity index is 984. The van der Waals surface area contributed by atoms with Crippen molar-refractivity contribution in [2.75, 3.05) is 24.9 Å². The molecular weight excluding hydrogens is 360 g/mol. The van der Waals surface area contributed by atoms with E-state index in [1.165, 1.54) is 12.7 Å². The molecule has 0 unspecified atom stereocenters. The van der Waals surface area contributed by atoms with E-state index in [1.807, 2.05) is 26.0 Å². The summed E-state index contributed by atoms with van der Waals surface area (Å²) in [5.41, 5.74) is 3.92. The van der Waals surface area contributed by atoms with Crippen LogP contribution >= 0.6 is 0 Å². The molecule has 2 aromatic carbocycles. The average molecular weight is 382 g/mol. The fourth-order valence-electron chi connectivity index (χ4n) is 2.74. The minimum Gasteiger partial charge on any atom is -0.497 e. The number of carbonyl (C=O) groups excluding carboxylic acids is 1. The Balaban J connectivity index is 1.64. The van der Waals surface area contributed by atoms with Crippen LogP contribution in [0.1, 0.15) is 22.6 Å². The normalized spacial score (nSPS) is 10.4. The van der Waals surface area contributed by atoms with Crippen LogP contribution in [0.2, 0.25) is 0 Å². The Morgan fingerprint density at radius 3 is 2.57 bits per heavy atom. The summed E-state index contributed by atoms with van der Waals surface area (Å²) < 4.78 is 15.9. The zero-order valence-electron chi connectivity index (χ0n) is 16.2. The minimum absolute atomic E-state index is 0.0183. The van der Waals surface area contributed by atoms with Gasteiger partial charge in [-0.25, -0.2) is 4.79 Å². The van der Waals surface area contributed by atoms with Gasteiger partial charge in [0.2, 0.25) is 5.89 Å². The van der Waals surface area contributed by atoms with Gasteiger partial charge in [0.25, 0.3) is 0 Å². The number of aryl methyl sites for hydroxylation is 2. The first-order valence-electron chi connectivity index (χ1n) is 8.67. The highest BCUT2D eigenvalue weighted by atomic mass is 16.5. The van der Waals surface area contributed by atoms with E-state index in [-0.39, 0.29) is 6.01 Å². The van der Waals surface area contributed by atoms with Crippen molar-refractivity contribution in [3.63, 3.8) is 0 Å². The van der Waals surface area contributed by atoms with Crippen LogP contribution in [0.25, 0.3) is 0 Å². The van der Waals surface area contributed by atoms with Gasteiger partial charge in [-0.3, -0.25) is 5.32 Å². The van der Waals surface area contributed by atoms with E-state index >= 15 is 0 Å². The lowest BCUT2D eigenvalue weighted by molar-refractivity contribution is 0.261. The molecule has 0 fully saturated rings. The van der Waals surface area contributed by atoms with E-state index in [0.717, 1.165) is 11.1 Å². The molecule has 0 radical (unpaired) electrons. The third kappa shape index (κ3) is 4.59. The van der Waals surface area contributed by atoms with Crippen molar-refractivity contribution in [3.8, 4) is 11.5 Å². The predicted molar refractivity (Wildman–Crippen MR) is 105 cm³/mol. The van der Waals surface area contributed by atoms with Crippen LogP contribution in [0.3, 0.4) is 0 Å². The molecule has 0 bridgehead atoms. The number of rotatable bonds is 6. The predicted octanol–water partition coefficient (Wildman–Crippen LogP) is 3.94. The number of methoxy groups -OCH3 is 2. The molecule has 0 aliphatic rings. The molecule has 146 valence electrons. The second-order valence-electron chi connectivity index (χ2n) is 6.25. The van der Waals surface area contributed by atoms with E-state index in [0.29, 0.717) is 29.5 Å². The fraction of sp³-hybridized carbons (Fsp3) is 0.250. The van der Waals surface area contributed by atoms with Gasteiger partial charge in [-0.15, -0.1) is 5.10 Å². The Morgan fingerprint density at radius 1 is 1.04 bits per heavy atom. The third-order valence-corrected chi connectivity index (χ3v) is 4.18. The molecule has 1 heterocycles. The van der Waals surface area contributed by atoms with Crippen LogP contribution < -0.4 is 20.1 Å². The molecule has 0 aliphatic carbocycles. The van der Waals surface area contributed by atoms with Crippen LogP contribution in [0.15, 0.2) is 40.8 Å². The second-order valence-corrected chi connectivity index (χ2v) is 6.25. The van der Waals surface area contributed by atoms with E-state index < -0.39 is 6.03 Å². The van der Waals surface area contributed by atoms with Gasteiger partial charge in [0.05, 0.1) is 26.3 Å². The number of hydrogen-bond donors (Lipinski definition) is 2. The second kappa shape index (κ2) is 8.43. The first-order chi connectivity index (χ1) is 13.5. The first-order valence-corrected chi connectivity index (χ1v) is 8.67. The molecule has 0 atom stereocenters. The van der Waals surface area contributed by atoms with Crippen molar-refractivity contribution in [2.24, 2.45) is 0 Å². The van der Waals surface area contributed by atoms with Crippen molar-refractivity contribution in [2.45, 2.75) is 20.3 Å². The Kier molecular flexibility index (Phi) is 5.78. The third-order valence-electron chi connectivity index (χ3n) is 4.18. The van der Waals surface area contributed by atoms with Gasteiger partial charge < -0.3 is 19.2 Å². The van der Waals surface area contributed by atoms with Gasteiger partial charge in [0, 0.05) is 6.07 Å². The van der Waals surface area contributed by atoms with E-state index in [9.17, 15) is 4.79 Å². The number of nitrogens with one attached hydrogen (secondary N) is 2. The number of hydrogen-bond acceptors (Lipinski definition) is 6. The standard InChI is InChI=1S/C20H22N4O4/c1-12-5-6-14(13(2)9-12)10-18-23-24-20(28-18)22-19(25)21-16-8-7-15(26-3)11-17(16)27-4/h5-9,11H,10H2,1-4H3,(H2,21,22,24,25). The average Bonchev–Trinajstić information content (AvgIpc) is 3.11. The topological polar surface area (TPSA) is 98.5 Å². The zero-order chi connectivity index (χ0) is 20.1. The van der Waals surface area contributed by atoms with Gasteiger partial charge in [-0.05, 0) is 37.1 Å². The maximum absolute atomic E-state index is 12.2. The summed E-state index contributed by atoms with van der Waals surface area (Å²) in [7, 11) is 3.06. The Hall–Kier alpha value is -3.55. The first kappa shape index (κ1) is 19.2. The van der Waals surface area contributed by atoms with E-state index in [1.54, 1.807) is 25.3 Å². The molecule has 1 aromatic heterocycles. The zero-order valence-corrected chi connectivity index (χ0v) is 16.2. The molecule has 0 saturated heterocycles. The van der Waals surface area contributed by atoms with E-state index in [4.69, 9.17) is 13.9 Å². The molecule has 2 amide bonds. The number of aromatic nitrogens is 2. The maximum atomic E-state index is 12.2. The number of nitrogens with zero attached hydrogens (tertiary/aromatic N) is 2. The lowest BCUT2D eigenvalue weighted by Crippen LogP contribution is -2.20. The van der Waals surface area contributed by atoms with Crippen LogP contribution in [-0.4, -0.2) is 30.4 Å². The van der Waals surface area contributed by atoms with Crippen molar-refractivity contribution < 1.29 is 18.7 Å². The van der Waals surface area contributed by atoms with Gasteiger partial charge in [-0.1, -0.05) is 28.9 Å². The largest absolute Gasteiger partial charge is 0.497 e. The van der Waals surface area contributed by atoms with Crippen molar-refractivity contribution >= 4 is 17.7 Å². The number of ether oxygens (including phenoxy) is 2. The van der Waals surface area contributed by atoms with Gasteiger partial charge in [0.15, 0.2) is 0 Å². The molecule has 0 spiro atoms. The molecular formula is C20H22N4O4. The molecule has 28 heavy (non-hydrogen) atoms. The van der Waals surface area contributed by atoms with Crippen molar-refractivity contribution in [3.05, 3.63) is 59.0 Å². The van der Waals surface area contributed by atoms with Crippen molar-refractivity contribution in [1.82, 2.24) is 10.2 Å².